The lowest BCUT2D eigenvalue weighted by atomic mass is 10.2. The number of anilines is 1. The number of hydrogen-bond acceptors (Lipinski definition) is 6. The summed E-state index contributed by atoms with van der Waals surface area (Å²) in [5, 5.41) is 16.1. The average molecular weight is 398 g/mol. The van der Waals surface area contributed by atoms with Gasteiger partial charge in [-0.05, 0) is 37.6 Å². The van der Waals surface area contributed by atoms with Crippen LogP contribution in [-0.4, -0.2) is 27.2 Å². The van der Waals surface area contributed by atoms with E-state index >= 15 is 0 Å². The van der Waals surface area contributed by atoms with Crippen LogP contribution in [0.15, 0.2) is 47.5 Å². The standard InChI is InChI=1S/C19H18N4O4S/c1-11-3-6-13(7-4-11)20-19-22-18(25)16(28-19)10-17(24)21-14-8-5-12(2)9-15(14)23(26)27/h3-9,16H,10H2,1-2H3,(H,21,24)(H,20,22,25)/t16-/m1/s1. The molecule has 0 aliphatic carbocycles. The third-order valence-electron chi connectivity index (χ3n) is 4.04. The van der Waals surface area contributed by atoms with E-state index in [4.69, 9.17) is 0 Å². The second-order valence-electron chi connectivity index (χ2n) is 6.38. The highest BCUT2D eigenvalue weighted by molar-refractivity contribution is 8.15. The summed E-state index contributed by atoms with van der Waals surface area (Å²) in [6.07, 6.45) is -0.117. The molecule has 2 aromatic carbocycles. The summed E-state index contributed by atoms with van der Waals surface area (Å²) in [7, 11) is 0. The number of nitro groups is 1. The Hall–Kier alpha value is -3.20. The molecule has 1 aliphatic rings. The summed E-state index contributed by atoms with van der Waals surface area (Å²) in [4.78, 5) is 39.4. The largest absolute Gasteiger partial charge is 0.320 e. The summed E-state index contributed by atoms with van der Waals surface area (Å²) in [5.41, 5.74) is 2.45. The monoisotopic (exact) mass is 398 g/mol. The Balaban J connectivity index is 1.66. The molecule has 0 aromatic heterocycles. The molecule has 2 amide bonds. The third kappa shape index (κ3) is 4.74. The van der Waals surface area contributed by atoms with E-state index in [2.05, 4.69) is 15.6 Å². The Kier molecular flexibility index (Phi) is 5.74. The first-order chi connectivity index (χ1) is 13.3. The van der Waals surface area contributed by atoms with Gasteiger partial charge >= 0.3 is 0 Å². The van der Waals surface area contributed by atoms with Gasteiger partial charge < -0.3 is 10.6 Å². The van der Waals surface area contributed by atoms with Crippen molar-refractivity contribution in [1.82, 2.24) is 5.32 Å². The number of hydrogen-bond donors (Lipinski definition) is 2. The molecule has 1 saturated heterocycles. The number of rotatable bonds is 5. The highest BCUT2D eigenvalue weighted by atomic mass is 32.2. The molecule has 0 radical (unpaired) electrons. The Labute approximate surface area is 165 Å². The maximum absolute atomic E-state index is 12.3. The minimum absolute atomic E-state index is 0.109. The predicted octanol–water partition coefficient (Wildman–Crippen LogP) is 3.46. The van der Waals surface area contributed by atoms with E-state index in [9.17, 15) is 19.7 Å². The van der Waals surface area contributed by atoms with Crippen molar-refractivity contribution in [3.63, 3.8) is 0 Å². The molecule has 2 N–H and O–H groups in total. The number of nitrogens with one attached hydrogen (secondary N) is 2. The smallest absolute Gasteiger partial charge is 0.293 e. The van der Waals surface area contributed by atoms with Gasteiger partial charge in [0, 0.05) is 12.5 Å². The molecule has 9 heteroatoms. The van der Waals surface area contributed by atoms with Crippen LogP contribution in [-0.2, 0) is 9.59 Å². The SMILES string of the molecule is Cc1ccc(N=C2NC(=O)[C@@H](CC(=O)Nc3ccc(C)cc3[N+](=O)[O-])S2)cc1. The Morgan fingerprint density at radius 1 is 1.21 bits per heavy atom. The van der Waals surface area contributed by atoms with Crippen LogP contribution in [0.1, 0.15) is 17.5 Å². The fraction of sp³-hybridized carbons (Fsp3) is 0.211. The maximum Gasteiger partial charge on any atom is 0.293 e. The number of nitro benzene ring substituents is 1. The third-order valence-corrected chi connectivity index (χ3v) is 5.12. The molecule has 0 spiro atoms. The number of aryl methyl sites for hydroxylation is 2. The van der Waals surface area contributed by atoms with Crippen molar-refractivity contribution in [1.29, 1.82) is 0 Å². The lowest BCUT2D eigenvalue weighted by Crippen LogP contribution is -2.28. The van der Waals surface area contributed by atoms with Crippen LogP contribution in [0.2, 0.25) is 0 Å². The average Bonchev–Trinajstić information content (AvgIpc) is 2.97. The first-order valence-corrected chi connectivity index (χ1v) is 9.37. The second kappa shape index (κ2) is 8.22. The minimum Gasteiger partial charge on any atom is -0.320 e. The molecule has 3 rings (SSSR count). The molecule has 0 unspecified atom stereocenters. The van der Waals surface area contributed by atoms with Crippen molar-refractivity contribution in [3.05, 3.63) is 63.7 Å². The van der Waals surface area contributed by atoms with Gasteiger partial charge in [0.25, 0.3) is 5.69 Å². The van der Waals surface area contributed by atoms with E-state index in [-0.39, 0.29) is 23.7 Å². The Morgan fingerprint density at radius 2 is 1.89 bits per heavy atom. The first kappa shape index (κ1) is 19.6. The number of amidine groups is 1. The molecule has 28 heavy (non-hydrogen) atoms. The Bertz CT molecular complexity index is 972. The molecule has 0 saturated carbocycles. The zero-order valence-corrected chi connectivity index (χ0v) is 16.1. The van der Waals surface area contributed by atoms with E-state index in [1.807, 2.05) is 31.2 Å². The fourth-order valence-electron chi connectivity index (χ4n) is 2.60. The quantitative estimate of drug-likeness (QED) is 0.591. The van der Waals surface area contributed by atoms with Crippen molar-refractivity contribution in [2.75, 3.05) is 5.32 Å². The number of thioether (sulfide) groups is 1. The molecular formula is C19H18N4O4S. The van der Waals surface area contributed by atoms with Gasteiger partial charge in [-0.15, -0.1) is 0 Å². The molecule has 1 fully saturated rings. The maximum atomic E-state index is 12.3. The molecular weight excluding hydrogens is 380 g/mol. The highest BCUT2D eigenvalue weighted by Crippen LogP contribution is 2.28. The van der Waals surface area contributed by atoms with Crippen LogP contribution in [0.5, 0.6) is 0 Å². The highest BCUT2D eigenvalue weighted by Gasteiger charge is 2.32. The van der Waals surface area contributed by atoms with Crippen LogP contribution in [0.4, 0.5) is 17.1 Å². The van der Waals surface area contributed by atoms with Gasteiger partial charge in [-0.1, -0.05) is 35.5 Å². The zero-order chi connectivity index (χ0) is 20.3. The predicted molar refractivity (Wildman–Crippen MR) is 109 cm³/mol. The molecule has 8 nitrogen and oxygen atoms in total. The van der Waals surface area contributed by atoms with Crippen molar-refractivity contribution >= 4 is 45.8 Å². The van der Waals surface area contributed by atoms with Gasteiger partial charge in [0.1, 0.15) is 10.9 Å². The van der Waals surface area contributed by atoms with Gasteiger partial charge in [0.2, 0.25) is 11.8 Å². The van der Waals surface area contributed by atoms with Crippen LogP contribution in [0, 0.1) is 24.0 Å². The fourth-order valence-corrected chi connectivity index (χ4v) is 3.58. The van der Waals surface area contributed by atoms with Gasteiger partial charge in [0.05, 0.1) is 10.6 Å². The van der Waals surface area contributed by atoms with Gasteiger partial charge in [-0.2, -0.15) is 0 Å². The lowest BCUT2D eigenvalue weighted by molar-refractivity contribution is -0.384. The minimum atomic E-state index is -0.645. The second-order valence-corrected chi connectivity index (χ2v) is 7.57. The van der Waals surface area contributed by atoms with Gasteiger partial charge in [0.15, 0.2) is 5.17 Å². The number of nitrogens with zero attached hydrogens (tertiary/aromatic N) is 2. The number of carbonyl (C=O) groups is 2. The van der Waals surface area contributed by atoms with Crippen molar-refractivity contribution in [2.24, 2.45) is 4.99 Å². The Morgan fingerprint density at radius 3 is 2.57 bits per heavy atom. The summed E-state index contributed by atoms with van der Waals surface area (Å²) in [6, 6.07) is 12.1. The van der Waals surface area contributed by atoms with Gasteiger partial charge in [-0.25, -0.2) is 4.99 Å². The van der Waals surface area contributed by atoms with E-state index in [1.165, 1.54) is 12.1 Å². The molecule has 144 valence electrons. The molecule has 1 atom stereocenters. The van der Waals surface area contributed by atoms with E-state index in [1.54, 1.807) is 13.0 Å². The van der Waals surface area contributed by atoms with Crippen molar-refractivity contribution in [3.8, 4) is 0 Å². The van der Waals surface area contributed by atoms with Crippen LogP contribution in [0.3, 0.4) is 0 Å². The number of carbonyl (C=O) groups excluding carboxylic acids is 2. The van der Waals surface area contributed by atoms with Crippen molar-refractivity contribution in [2.45, 2.75) is 25.5 Å². The summed E-state index contributed by atoms with van der Waals surface area (Å²) in [6.45, 7) is 3.70. The summed E-state index contributed by atoms with van der Waals surface area (Å²) in [5.74, 6) is -0.791. The topological polar surface area (TPSA) is 114 Å². The van der Waals surface area contributed by atoms with Crippen molar-refractivity contribution < 1.29 is 14.5 Å². The molecule has 2 aromatic rings. The lowest BCUT2D eigenvalue weighted by Gasteiger charge is -2.08. The van der Waals surface area contributed by atoms with Gasteiger partial charge in [-0.3, -0.25) is 19.7 Å². The van der Waals surface area contributed by atoms with E-state index in [0.717, 1.165) is 17.3 Å². The summed E-state index contributed by atoms with van der Waals surface area (Å²) < 4.78 is 0. The first-order valence-electron chi connectivity index (χ1n) is 8.49. The van der Waals surface area contributed by atoms with Crippen LogP contribution >= 0.6 is 11.8 Å². The number of benzene rings is 2. The summed E-state index contributed by atoms with van der Waals surface area (Å²) >= 11 is 1.16. The van der Waals surface area contributed by atoms with Crippen LogP contribution < -0.4 is 10.6 Å². The van der Waals surface area contributed by atoms with E-state index < -0.39 is 16.1 Å². The molecule has 1 aliphatic heterocycles. The molecule has 0 bridgehead atoms. The van der Waals surface area contributed by atoms with E-state index in [0.29, 0.717) is 16.4 Å². The number of aliphatic imine (C=N–C) groups is 1. The number of amides is 2. The van der Waals surface area contributed by atoms with Crippen LogP contribution in [0.25, 0.3) is 0 Å². The zero-order valence-electron chi connectivity index (χ0n) is 15.3. The normalized spacial score (nSPS) is 17.4. The molecule has 1 heterocycles.